The van der Waals surface area contributed by atoms with Crippen molar-refractivity contribution < 1.29 is 18.4 Å². The highest BCUT2D eigenvalue weighted by atomic mass is 19.1. The van der Waals surface area contributed by atoms with E-state index in [0.717, 1.165) is 22.6 Å². The van der Waals surface area contributed by atoms with E-state index in [1.165, 1.54) is 0 Å². The van der Waals surface area contributed by atoms with Crippen molar-refractivity contribution in [3.63, 3.8) is 0 Å². The number of nitrogens with zero attached hydrogens (tertiary/aromatic N) is 1. The largest absolute Gasteiger partial charge is 0.373 e. The van der Waals surface area contributed by atoms with Crippen LogP contribution in [0, 0.1) is 18.6 Å². The first kappa shape index (κ1) is 15.1. The summed E-state index contributed by atoms with van der Waals surface area (Å²) < 4.78 is 26.8. The van der Waals surface area contributed by atoms with Crippen LogP contribution in [0.15, 0.2) is 42.5 Å². The van der Waals surface area contributed by atoms with E-state index in [0.29, 0.717) is 11.8 Å². The molecule has 1 aliphatic rings. The first-order chi connectivity index (χ1) is 11.0. The topological polar surface area (TPSA) is 49.4 Å². The Morgan fingerprint density at radius 2 is 1.78 bits per heavy atom. The molecule has 1 heterocycles. The quantitative estimate of drug-likeness (QED) is 0.886. The van der Waals surface area contributed by atoms with Crippen LogP contribution in [-0.4, -0.2) is 17.9 Å². The van der Waals surface area contributed by atoms with Gasteiger partial charge in [0.1, 0.15) is 17.7 Å². The molecule has 4 nitrogen and oxygen atoms in total. The Balaban J connectivity index is 1.83. The van der Waals surface area contributed by atoms with E-state index in [2.05, 4.69) is 5.32 Å². The molecular weight excluding hydrogens is 302 g/mol. The average molecular weight is 316 g/mol. The lowest BCUT2D eigenvalue weighted by Gasteiger charge is -2.16. The summed E-state index contributed by atoms with van der Waals surface area (Å²) in [4.78, 5) is 25.3. The number of anilines is 2. The molecule has 1 fully saturated rings. The van der Waals surface area contributed by atoms with Gasteiger partial charge in [0.2, 0.25) is 5.91 Å². The van der Waals surface area contributed by atoms with Crippen molar-refractivity contribution in [2.24, 2.45) is 0 Å². The summed E-state index contributed by atoms with van der Waals surface area (Å²) in [5.41, 5.74) is 1.54. The predicted molar refractivity (Wildman–Crippen MR) is 82.1 cm³/mol. The summed E-state index contributed by atoms with van der Waals surface area (Å²) in [5.74, 6) is -2.78. The Hall–Kier alpha value is -2.76. The molecule has 0 saturated carbocycles. The van der Waals surface area contributed by atoms with E-state index in [9.17, 15) is 18.4 Å². The Labute approximate surface area is 131 Å². The lowest BCUT2D eigenvalue weighted by molar-refractivity contribution is -0.121. The lowest BCUT2D eigenvalue weighted by atomic mass is 10.2. The molecule has 118 valence electrons. The minimum absolute atomic E-state index is 0.0798. The second-order valence-electron chi connectivity index (χ2n) is 5.43. The molecule has 1 aliphatic heterocycles. The molecule has 0 aliphatic carbocycles. The van der Waals surface area contributed by atoms with Crippen molar-refractivity contribution in [2.45, 2.75) is 19.4 Å². The summed E-state index contributed by atoms with van der Waals surface area (Å²) in [6, 6.07) is 9.34. The molecule has 0 spiro atoms. The standard InChI is InChI=1S/C17H14F2N2O2/c1-10-2-5-12(6-3-10)20-14-9-16(22)21(17(14)23)15-7-4-11(18)8-13(15)19/h2-8,14,20H,9H2,1H3/t14-/m1/s1. The Kier molecular flexibility index (Phi) is 3.82. The number of carbonyl (C=O) groups excluding carboxylic acids is 2. The molecule has 1 saturated heterocycles. The molecule has 3 rings (SSSR count). The molecule has 0 radical (unpaired) electrons. The van der Waals surface area contributed by atoms with Crippen LogP contribution in [0.5, 0.6) is 0 Å². The Morgan fingerprint density at radius 1 is 1.09 bits per heavy atom. The zero-order chi connectivity index (χ0) is 16.6. The molecule has 0 aromatic heterocycles. The summed E-state index contributed by atoms with van der Waals surface area (Å²) in [5, 5.41) is 2.97. The zero-order valence-corrected chi connectivity index (χ0v) is 12.3. The summed E-state index contributed by atoms with van der Waals surface area (Å²) >= 11 is 0. The fourth-order valence-corrected chi connectivity index (χ4v) is 2.51. The van der Waals surface area contributed by atoms with E-state index in [1.807, 2.05) is 19.1 Å². The van der Waals surface area contributed by atoms with E-state index < -0.39 is 29.5 Å². The highest BCUT2D eigenvalue weighted by Crippen LogP contribution is 2.27. The van der Waals surface area contributed by atoms with Gasteiger partial charge in [-0.1, -0.05) is 17.7 Å². The number of benzene rings is 2. The van der Waals surface area contributed by atoms with Gasteiger partial charge in [-0.15, -0.1) is 0 Å². The lowest BCUT2D eigenvalue weighted by Crippen LogP contribution is -2.35. The number of hydrogen-bond donors (Lipinski definition) is 1. The molecule has 6 heteroatoms. The highest BCUT2D eigenvalue weighted by Gasteiger charge is 2.40. The van der Waals surface area contributed by atoms with Crippen molar-refractivity contribution in [3.05, 3.63) is 59.7 Å². The first-order valence-electron chi connectivity index (χ1n) is 7.11. The second kappa shape index (κ2) is 5.79. The van der Waals surface area contributed by atoms with E-state index in [-0.39, 0.29) is 12.1 Å². The number of carbonyl (C=O) groups is 2. The molecule has 0 bridgehead atoms. The molecule has 2 amide bonds. The highest BCUT2D eigenvalue weighted by molar-refractivity contribution is 6.23. The number of hydrogen-bond acceptors (Lipinski definition) is 3. The summed E-state index contributed by atoms with van der Waals surface area (Å²) in [7, 11) is 0. The third-order valence-corrected chi connectivity index (χ3v) is 3.69. The van der Waals surface area contributed by atoms with Crippen LogP contribution < -0.4 is 10.2 Å². The van der Waals surface area contributed by atoms with Gasteiger partial charge in [0.05, 0.1) is 12.1 Å². The number of nitrogens with one attached hydrogen (secondary N) is 1. The fourth-order valence-electron chi connectivity index (χ4n) is 2.51. The summed E-state index contributed by atoms with van der Waals surface area (Å²) in [6.07, 6.45) is -0.0798. The monoisotopic (exact) mass is 316 g/mol. The Bertz CT molecular complexity index is 775. The van der Waals surface area contributed by atoms with Crippen LogP contribution in [0.2, 0.25) is 0 Å². The van der Waals surface area contributed by atoms with Crippen LogP contribution in [0.4, 0.5) is 20.2 Å². The number of aryl methyl sites for hydroxylation is 1. The van der Waals surface area contributed by atoms with Gasteiger partial charge >= 0.3 is 0 Å². The fraction of sp³-hybridized carbons (Fsp3) is 0.176. The van der Waals surface area contributed by atoms with E-state index in [4.69, 9.17) is 0 Å². The normalized spacial score (nSPS) is 17.7. The molecule has 0 unspecified atom stereocenters. The maximum absolute atomic E-state index is 13.8. The molecule has 2 aromatic carbocycles. The third kappa shape index (κ3) is 2.92. The van der Waals surface area contributed by atoms with Crippen molar-refractivity contribution in [2.75, 3.05) is 10.2 Å². The second-order valence-corrected chi connectivity index (χ2v) is 5.43. The van der Waals surface area contributed by atoms with Gasteiger partial charge in [0, 0.05) is 11.8 Å². The van der Waals surface area contributed by atoms with Gasteiger partial charge in [-0.05, 0) is 31.2 Å². The maximum Gasteiger partial charge on any atom is 0.256 e. The molecular formula is C17H14F2N2O2. The third-order valence-electron chi connectivity index (χ3n) is 3.69. The van der Waals surface area contributed by atoms with Crippen LogP contribution in [0.1, 0.15) is 12.0 Å². The van der Waals surface area contributed by atoms with Crippen molar-refractivity contribution >= 4 is 23.2 Å². The van der Waals surface area contributed by atoms with E-state index in [1.54, 1.807) is 12.1 Å². The van der Waals surface area contributed by atoms with Gasteiger partial charge < -0.3 is 5.32 Å². The minimum atomic E-state index is -0.942. The van der Waals surface area contributed by atoms with Gasteiger partial charge in [0.25, 0.3) is 5.91 Å². The molecule has 23 heavy (non-hydrogen) atoms. The molecule has 2 aromatic rings. The average Bonchev–Trinajstić information content (AvgIpc) is 2.77. The van der Waals surface area contributed by atoms with Crippen molar-refractivity contribution in [1.82, 2.24) is 0 Å². The minimum Gasteiger partial charge on any atom is -0.373 e. The summed E-state index contributed by atoms with van der Waals surface area (Å²) in [6.45, 7) is 1.94. The van der Waals surface area contributed by atoms with Gasteiger partial charge in [0.15, 0.2) is 0 Å². The zero-order valence-electron chi connectivity index (χ0n) is 12.3. The Morgan fingerprint density at radius 3 is 2.43 bits per heavy atom. The van der Waals surface area contributed by atoms with Crippen molar-refractivity contribution in [3.8, 4) is 0 Å². The van der Waals surface area contributed by atoms with Gasteiger partial charge in [-0.25, -0.2) is 13.7 Å². The first-order valence-corrected chi connectivity index (χ1v) is 7.11. The van der Waals surface area contributed by atoms with E-state index >= 15 is 0 Å². The molecule has 1 N–H and O–H groups in total. The van der Waals surface area contributed by atoms with Crippen molar-refractivity contribution in [1.29, 1.82) is 0 Å². The number of imide groups is 1. The van der Waals surface area contributed by atoms with Crippen LogP contribution >= 0.6 is 0 Å². The van der Waals surface area contributed by atoms with Gasteiger partial charge in [-0.3, -0.25) is 9.59 Å². The van der Waals surface area contributed by atoms with Crippen LogP contribution in [0.25, 0.3) is 0 Å². The maximum atomic E-state index is 13.8. The predicted octanol–water partition coefficient (Wildman–Crippen LogP) is 3.02. The van der Waals surface area contributed by atoms with Crippen LogP contribution in [-0.2, 0) is 9.59 Å². The number of rotatable bonds is 3. The molecule has 1 atom stereocenters. The number of halogens is 2. The van der Waals surface area contributed by atoms with Gasteiger partial charge in [-0.2, -0.15) is 0 Å². The number of amides is 2. The van der Waals surface area contributed by atoms with Crippen LogP contribution in [0.3, 0.4) is 0 Å². The SMILES string of the molecule is Cc1ccc(N[C@@H]2CC(=O)N(c3ccc(F)cc3F)C2=O)cc1. The smallest absolute Gasteiger partial charge is 0.256 e.